The Balaban J connectivity index is 1.51. The smallest absolute Gasteiger partial charge is 0.355 e. The number of hydrogen-bond donors (Lipinski definition) is 2. The summed E-state index contributed by atoms with van der Waals surface area (Å²) in [4.78, 5) is 28.1. The number of ether oxygens (including phenoxy) is 3. The van der Waals surface area contributed by atoms with Crippen LogP contribution >= 0.6 is 0 Å². The van der Waals surface area contributed by atoms with Crippen molar-refractivity contribution >= 4 is 23.3 Å². The Morgan fingerprint density at radius 2 is 1.74 bits per heavy atom. The monoisotopic (exact) mass is 578 g/mol. The molecule has 0 saturated heterocycles. The van der Waals surface area contributed by atoms with Gasteiger partial charge < -0.3 is 25.3 Å². The lowest BCUT2D eigenvalue weighted by molar-refractivity contribution is -0.139. The number of para-hydroxylation sites is 1. The Bertz CT molecular complexity index is 1630. The molecule has 43 heavy (non-hydrogen) atoms. The van der Waals surface area contributed by atoms with Crippen LogP contribution in [0.3, 0.4) is 0 Å². The van der Waals surface area contributed by atoms with E-state index < -0.39 is 17.9 Å². The average Bonchev–Trinajstić information content (AvgIpc) is 3.06. The van der Waals surface area contributed by atoms with Gasteiger partial charge in [-0.25, -0.2) is 9.59 Å². The lowest BCUT2D eigenvalue weighted by Gasteiger charge is -2.36. The minimum Gasteiger partial charge on any atom is -0.495 e. The second kappa shape index (κ2) is 12.7. The van der Waals surface area contributed by atoms with E-state index in [2.05, 4.69) is 17.5 Å². The van der Waals surface area contributed by atoms with Gasteiger partial charge in [0.25, 0.3) is 0 Å². The maximum absolute atomic E-state index is 13.4. The number of carbonyl (C=O) groups excluding carboxylic acids is 2. The molecule has 0 radical (unpaired) electrons. The predicted octanol–water partition coefficient (Wildman–Crippen LogP) is 4.95. The van der Waals surface area contributed by atoms with Crippen molar-refractivity contribution in [2.24, 2.45) is 5.73 Å². The fourth-order valence-electron chi connectivity index (χ4n) is 5.91. The van der Waals surface area contributed by atoms with Crippen LogP contribution in [0.4, 0.5) is 11.4 Å². The predicted molar refractivity (Wildman–Crippen MR) is 163 cm³/mol. The van der Waals surface area contributed by atoms with E-state index in [1.807, 2.05) is 36.4 Å². The first-order valence-corrected chi connectivity index (χ1v) is 14.1. The van der Waals surface area contributed by atoms with Crippen LogP contribution in [0, 0.1) is 11.3 Å². The van der Waals surface area contributed by atoms with Crippen molar-refractivity contribution in [3.05, 3.63) is 112 Å². The van der Waals surface area contributed by atoms with Crippen molar-refractivity contribution in [2.75, 3.05) is 31.5 Å². The number of hydrogen-bond acceptors (Lipinski definition) is 9. The average molecular weight is 579 g/mol. The maximum atomic E-state index is 13.4. The number of esters is 2. The fraction of sp³-hybridized carbons (Fsp3) is 0.265. The van der Waals surface area contributed by atoms with Crippen LogP contribution in [0.1, 0.15) is 35.4 Å². The van der Waals surface area contributed by atoms with Crippen LogP contribution in [0.15, 0.2) is 95.5 Å². The molecule has 3 aromatic carbocycles. The van der Waals surface area contributed by atoms with E-state index in [1.165, 1.54) is 24.7 Å². The van der Waals surface area contributed by atoms with Crippen LogP contribution < -0.4 is 20.7 Å². The second-order valence-corrected chi connectivity index (χ2v) is 10.4. The van der Waals surface area contributed by atoms with Gasteiger partial charge in [-0.3, -0.25) is 4.90 Å². The Morgan fingerprint density at radius 1 is 1.00 bits per heavy atom. The summed E-state index contributed by atoms with van der Waals surface area (Å²) in [5, 5.41) is 13.9. The molecule has 0 aliphatic carbocycles. The number of rotatable bonds is 8. The van der Waals surface area contributed by atoms with Crippen molar-refractivity contribution in [1.82, 2.24) is 0 Å². The van der Waals surface area contributed by atoms with E-state index in [1.54, 1.807) is 37.4 Å². The number of carbonyl (C=O) groups is 2. The Labute approximate surface area is 251 Å². The molecule has 2 unspecified atom stereocenters. The number of fused-ring (bicyclic) bond motifs is 1. The number of nitrogens with two attached hydrogens (primary N) is 1. The van der Waals surface area contributed by atoms with E-state index >= 15 is 0 Å². The first-order valence-electron chi connectivity index (χ1n) is 14.1. The zero-order chi connectivity index (χ0) is 30.5. The standard InChI is InChI=1S/C34H34N4O5/c1-41-27-14-8-12-23-16-18-24(37-30(23)27)17-15-21-9-7-13-25(19-21)38-31(34(40)43-3)29(33(39)42-2)28(26(20-35)32(38)36)22-10-5-4-6-11-22/h4-14,19,24,28,37H,15-18,36H2,1-3H3. The summed E-state index contributed by atoms with van der Waals surface area (Å²) in [7, 11) is 4.15. The first kappa shape index (κ1) is 29.3. The van der Waals surface area contributed by atoms with E-state index in [4.69, 9.17) is 19.9 Å². The number of aryl methyl sites for hydroxylation is 2. The van der Waals surface area contributed by atoms with Crippen LogP contribution in [0.2, 0.25) is 0 Å². The number of anilines is 2. The Kier molecular flexibility index (Phi) is 8.67. The Morgan fingerprint density at radius 3 is 2.44 bits per heavy atom. The van der Waals surface area contributed by atoms with Gasteiger partial charge in [-0.1, -0.05) is 54.6 Å². The summed E-state index contributed by atoms with van der Waals surface area (Å²) in [6, 6.07) is 25.1. The second-order valence-electron chi connectivity index (χ2n) is 10.4. The molecule has 2 aliphatic heterocycles. The molecule has 2 heterocycles. The van der Waals surface area contributed by atoms with Gasteiger partial charge >= 0.3 is 11.9 Å². The van der Waals surface area contributed by atoms with Crippen molar-refractivity contribution in [3.8, 4) is 11.8 Å². The van der Waals surface area contributed by atoms with Crippen LogP contribution in [-0.2, 0) is 31.9 Å². The van der Waals surface area contributed by atoms with Crippen molar-refractivity contribution in [2.45, 2.75) is 37.6 Å². The van der Waals surface area contributed by atoms with E-state index in [-0.39, 0.29) is 28.7 Å². The van der Waals surface area contributed by atoms with Gasteiger partial charge in [0.2, 0.25) is 0 Å². The number of nitriles is 1. The van der Waals surface area contributed by atoms with Crippen molar-refractivity contribution < 1.29 is 23.8 Å². The topological polar surface area (TPSA) is 127 Å². The van der Waals surface area contributed by atoms with Crippen molar-refractivity contribution in [1.29, 1.82) is 5.26 Å². The normalized spacial score (nSPS) is 17.9. The molecule has 0 fully saturated rings. The number of allylic oxidation sites excluding steroid dienone is 1. The summed E-state index contributed by atoms with van der Waals surface area (Å²) < 4.78 is 15.8. The van der Waals surface area contributed by atoms with Crippen LogP contribution in [0.5, 0.6) is 5.75 Å². The third-order valence-electron chi connectivity index (χ3n) is 8.00. The molecule has 5 rings (SSSR count). The molecule has 0 amide bonds. The van der Waals surface area contributed by atoms with Crippen molar-refractivity contribution in [3.63, 3.8) is 0 Å². The molecule has 2 aliphatic rings. The van der Waals surface area contributed by atoms with Gasteiger partial charge in [0.1, 0.15) is 17.3 Å². The SMILES string of the molecule is COC(=O)C1=C(C(=O)OC)N(c2cccc(CCC3CCc4cccc(OC)c4N3)c2)C(N)=C(C#N)C1c1ccccc1. The molecule has 220 valence electrons. The molecule has 0 aromatic heterocycles. The zero-order valence-corrected chi connectivity index (χ0v) is 24.4. The molecule has 3 N–H and O–H groups in total. The summed E-state index contributed by atoms with van der Waals surface area (Å²) in [5.41, 5.74) is 11.1. The van der Waals surface area contributed by atoms with E-state index in [0.717, 1.165) is 42.7 Å². The number of nitrogens with zero attached hydrogens (tertiary/aromatic N) is 2. The highest BCUT2D eigenvalue weighted by Gasteiger charge is 2.43. The molecule has 0 saturated carbocycles. The first-order chi connectivity index (χ1) is 20.9. The lowest BCUT2D eigenvalue weighted by Crippen LogP contribution is -2.40. The minimum atomic E-state index is -0.913. The highest BCUT2D eigenvalue weighted by molar-refractivity contribution is 6.06. The van der Waals surface area contributed by atoms with E-state index in [9.17, 15) is 14.9 Å². The molecule has 9 heteroatoms. The lowest BCUT2D eigenvalue weighted by atomic mass is 9.81. The van der Waals surface area contributed by atoms with Crippen LogP contribution in [-0.4, -0.2) is 39.3 Å². The summed E-state index contributed by atoms with van der Waals surface area (Å²) in [6.45, 7) is 0. The quantitative estimate of drug-likeness (QED) is 0.357. The number of benzene rings is 3. The highest BCUT2D eigenvalue weighted by Crippen LogP contribution is 2.43. The molecule has 0 spiro atoms. The molecule has 3 aromatic rings. The van der Waals surface area contributed by atoms with Gasteiger partial charge in [0.15, 0.2) is 0 Å². The van der Waals surface area contributed by atoms with Gasteiger partial charge in [-0.2, -0.15) is 5.26 Å². The molecule has 0 bridgehead atoms. The summed E-state index contributed by atoms with van der Waals surface area (Å²) in [5.74, 6) is -1.56. The fourth-order valence-corrected chi connectivity index (χ4v) is 5.91. The van der Waals surface area contributed by atoms with Gasteiger partial charge in [-0.15, -0.1) is 0 Å². The van der Waals surface area contributed by atoms with Crippen LogP contribution in [0.25, 0.3) is 0 Å². The molecular formula is C34H34N4O5. The summed E-state index contributed by atoms with van der Waals surface area (Å²) >= 11 is 0. The molecule has 2 atom stereocenters. The third kappa shape index (κ3) is 5.64. The maximum Gasteiger partial charge on any atom is 0.355 e. The third-order valence-corrected chi connectivity index (χ3v) is 8.00. The number of methoxy groups -OCH3 is 3. The minimum absolute atomic E-state index is 0.0179. The van der Waals surface area contributed by atoms with Gasteiger partial charge in [0.05, 0.1) is 50.2 Å². The van der Waals surface area contributed by atoms with Gasteiger partial charge in [-0.05, 0) is 60.6 Å². The van der Waals surface area contributed by atoms with E-state index in [0.29, 0.717) is 11.3 Å². The summed E-state index contributed by atoms with van der Waals surface area (Å²) in [6.07, 6.45) is 3.56. The largest absolute Gasteiger partial charge is 0.495 e. The highest BCUT2D eigenvalue weighted by atomic mass is 16.5. The van der Waals surface area contributed by atoms with Gasteiger partial charge in [0, 0.05) is 11.7 Å². The molecular weight excluding hydrogens is 544 g/mol. The molecule has 9 nitrogen and oxygen atoms in total. The zero-order valence-electron chi connectivity index (χ0n) is 24.4. The number of nitrogens with one attached hydrogen (secondary N) is 1. The Hall–Kier alpha value is -5.23.